The number of hydrogen-bond acceptors (Lipinski definition) is 2. The van der Waals surface area contributed by atoms with Crippen molar-refractivity contribution in [1.82, 2.24) is 9.13 Å². The van der Waals surface area contributed by atoms with E-state index in [0.29, 0.717) is 0 Å². The molecule has 0 saturated heterocycles. The van der Waals surface area contributed by atoms with Crippen molar-refractivity contribution in [2.75, 3.05) is 0 Å². The normalized spacial score (nSPS) is 18.1. The second-order valence-corrected chi connectivity index (χ2v) is 23.2. The molecule has 0 amide bonds. The largest absolute Gasteiger partial charge is 0.456 e. The minimum Gasteiger partial charge on any atom is -0.456 e. The molecule has 0 fully saturated rings. The number of fused-ring (bicyclic) bond motifs is 20. The first-order valence-electron chi connectivity index (χ1n) is 29.2. The molecule has 11 aromatic carbocycles. The van der Waals surface area contributed by atoms with Crippen LogP contribution in [0.2, 0.25) is 0 Å². The highest BCUT2D eigenvalue weighted by molar-refractivity contribution is 6.17. The van der Waals surface area contributed by atoms with Crippen LogP contribution < -0.4 is 0 Å². The SMILES string of the molecule is CCC1CC(n2c3ccccc3c3cc(-c4ccccc4)ccc32)C(C)/C(C)=C(\c2cccc(-n3c4ccccc4c4ccc5c(c43)-c3ccccc3C53c4ccccc4-c4ccccc43)c2)N=C1c1ccc2c(c1)oc1ccccc12. The number of hydrogen-bond donors (Lipinski definition) is 0. The lowest BCUT2D eigenvalue weighted by atomic mass is 9.70. The molecule has 3 unspecified atom stereocenters. The van der Waals surface area contributed by atoms with E-state index in [1.165, 1.54) is 105 Å². The first-order chi connectivity index (χ1) is 40.5. The van der Waals surface area contributed by atoms with Gasteiger partial charge in [0, 0.05) is 72.1 Å². The van der Waals surface area contributed by atoms with Gasteiger partial charge in [0.05, 0.1) is 27.9 Å². The topological polar surface area (TPSA) is 35.4 Å². The Balaban J connectivity index is 0.902. The van der Waals surface area contributed by atoms with Crippen LogP contribution >= 0.6 is 0 Å². The highest BCUT2D eigenvalue weighted by atomic mass is 16.3. The summed E-state index contributed by atoms with van der Waals surface area (Å²) in [6.07, 6.45) is 1.84. The molecule has 0 radical (unpaired) electrons. The fourth-order valence-corrected chi connectivity index (χ4v) is 15.4. The lowest BCUT2D eigenvalue weighted by Gasteiger charge is -2.35. The molecule has 4 heteroatoms. The predicted molar refractivity (Wildman–Crippen MR) is 341 cm³/mol. The minimum atomic E-state index is -0.462. The molecule has 3 aliphatic rings. The maximum atomic E-state index is 6.65. The third kappa shape index (κ3) is 6.52. The van der Waals surface area contributed by atoms with Crippen LogP contribution in [0.3, 0.4) is 0 Å². The average molecular weight is 1050 g/mol. The molecule has 0 saturated carbocycles. The van der Waals surface area contributed by atoms with Gasteiger partial charge in [0.2, 0.25) is 0 Å². The lowest BCUT2D eigenvalue weighted by molar-refractivity contribution is 0.349. The van der Waals surface area contributed by atoms with Crippen LogP contribution in [0.25, 0.3) is 110 Å². The minimum absolute atomic E-state index is 0.103. The van der Waals surface area contributed by atoms with Crippen LogP contribution in [0.4, 0.5) is 0 Å². The molecule has 17 rings (SSSR count). The maximum absolute atomic E-state index is 6.65. The number of allylic oxidation sites excluding steroid dienone is 1. The summed E-state index contributed by atoms with van der Waals surface area (Å²) in [5.74, 6) is 0.239. The Bertz CT molecular complexity index is 5010. The van der Waals surface area contributed by atoms with Gasteiger partial charge in [-0.2, -0.15) is 0 Å². The van der Waals surface area contributed by atoms with E-state index in [-0.39, 0.29) is 17.9 Å². The van der Waals surface area contributed by atoms with E-state index in [0.717, 1.165) is 63.0 Å². The van der Waals surface area contributed by atoms with Gasteiger partial charge >= 0.3 is 0 Å². The molecule has 2 aliphatic carbocycles. The highest BCUT2D eigenvalue weighted by Crippen LogP contribution is 2.64. The van der Waals surface area contributed by atoms with Gasteiger partial charge in [-0.3, -0.25) is 4.99 Å². The highest BCUT2D eigenvalue weighted by Gasteiger charge is 2.52. The van der Waals surface area contributed by atoms with Gasteiger partial charge in [-0.25, -0.2) is 0 Å². The van der Waals surface area contributed by atoms with Crippen LogP contribution in [-0.4, -0.2) is 14.8 Å². The number of aromatic nitrogens is 2. The zero-order chi connectivity index (χ0) is 54.4. The Morgan fingerprint density at radius 3 is 1.83 bits per heavy atom. The Morgan fingerprint density at radius 2 is 1.06 bits per heavy atom. The molecule has 4 nitrogen and oxygen atoms in total. The van der Waals surface area contributed by atoms with Gasteiger partial charge in [-0.05, 0) is 141 Å². The molecular formula is C78H57N3O. The molecule has 4 heterocycles. The van der Waals surface area contributed by atoms with E-state index in [1.807, 2.05) is 0 Å². The van der Waals surface area contributed by atoms with Gasteiger partial charge in [0.15, 0.2) is 0 Å². The van der Waals surface area contributed by atoms with E-state index in [2.05, 4.69) is 279 Å². The van der Waals surface area contributed by atoms with Gasteiger partial charge in [-0.15, -0.1) is 0 Å². The first kappa shape index (κ1) is 47.1. The summed E-state index contributed by atoms with van der Waals surface area (Å²) in [5, 5.41) is 7.31. The van der Waals surface area contributed by atoms with Crippen LogP contribution in [0.1, 0.15) is 73.0 Å². The van der Waals surface area contributed by atoms with Crippen LogP contribution in [0, 0.1) is 11.8 Å². The summed E-state index contributed by atoms with van der Waals surface area (Å²) in [5.41, 5.74) is 26.0. The molecule has 82 heavy (non-hydrogen) atoms. The van der Waals surface area contributed by atoms with Crippen molar-refractivity contribution >= 4 is 77.0 Å². The third-order valence-corrected chi connectivity index (χ3v) is 19.3. The summed E-state index contributed by atoms with van der Waals surface area (Å²) >= 11 is 0. The number of para-hydroxylation sites is 3. The fraction of sp³-hybridized carbons (Fsp3) is 0.115. The van der Waals surface area contributed by atoms with Gasteiger partial charge in [-0.1, -0.05) is 208 Å². The van der Waals surface area contributed by atoms with Gasteiger partial charge < -0.3 is 13.6 Å². The second kappa shape index (κ2) is 17.9. The summed E-state index contributed by atoms with van der Waals surface area (Å²) in [6, 6.07) is 92.9. The predicted octanol–water partition coefficient (Wildman–Crippen LogP) is 20.3. The molecule has 0 N–H and O–H groups in total. The van der Waals surface area contributed by atoms with Crippen LogP contribution in [-0.2, 0) is 5.41 Å². The Kier molecular flexibility index (Phi) is 10.3. The van der Waals surface area contributed by atoms with Crippen molar-refractivity contribution in [3.05, 3.63) is 288 Å². The fourth-order valence-electron chi connectivity index (χ4n) is 15.4. The van der Waals surface area contributed by atoms with Crippen molar-refractivity contribution in [2.24, 2.45) is 16.8 Å². The number of benzene rings is 11. The van der Waals surface area contributed by atoms with Crippen molar-refractivity contribution < 1.29 is 4.42 Å². The van der Waals surface area contributed by atoms with E-state index < -0.39 is 5.41 Å². The Morgan fingerprint density at radius 1 is 0.463 bits per heavy atom. The first-order valence-corrected chi connectivity index (χ1v) is 29.2. The summed E-state index contributed by atoms with van der Waals surface area (Å²) in [4.78, 5) is 6.07. The zero-order valence-corrected chi connectivity index (χ0v) is 46.1. The number of aliphatic imine (C=N–C) groups is 1. The molecule has 1 spiro atoms. The number of rotatable bonds is 6. The summed E-state index contributed by atoms with van der Waals surface area (Å²) in [6.45, 7) is 7.17. The Labute approximate surface area is 476 Å². The maximum Gasteiger partial charge on any atom is 0.136 e. The van der Waals surface area contributed by atoms with E-state index in [4.69, 9.17) is 9.41 Å². The quantitative estimate of drug-likeness (QED) is 0.163. The van der Waals surface area contributed by atoms with Crippen molar-refractivity contribution in [3.63, 3.8) is 0 Å². The molecule has 3 aromatic heterocycles. The van der Waals surface area contributed by atoms with E-state index >= 15 is 0 Å². The van der Waals surface area contributed by atoms with Crippen molar-refractivity contribution in [3.8, 4) is 39.1 Å². The number of nitrogens with zero attached hydrogens (tertiary/aromatic N) is 3. The average Bonchev–Trinajstić information content (AvgIpc) is 1.66. The number of furan rings is 1. The standard InChI is InChI=1S/C78H57N3O/c1-4-49-45-71(81-69-35-18-12-28-58(69)63-44-51(38-42-70(63)81)50-21-6-5-7-22-50)47(2)48(3)75(79-76(49)53-37-39-60-59-29-13-19-36-72(59)82-73(60)46-53)52-23-20-24-54(43-52)80-68-34-17-11-27-57(68)61-40-41-67-74(77(61)80)62-30-10-16-33-66(62)78(67)64-31-14-8-25-55(64)56-26-9-15-32-65(56)78/h5-44,46-47,49,71H,4,45H2,1-3H3/b75-48+,79-76?. The summed E-state index contributed by atoms with van der Waals surface area (Å²) in [7, 11) is 0. The van der Waals surface area contributed by atoms with E-state index in [1.54, 1.807) is 0 Å². The zero-order valence-electron chi connectivity index (χ0n) is 46.1. The molecule has 0 bridgehead atoms. The molecule has 3 atom stereocenters. The van der Waals surface area contributed by atoms with Gasteiger partial charge in [0.25, 0.3) is 0 Å². The smallest absolute Gasteiger partial charge is 0.136 e. The van der Waals surface area contributed by atoms with Crippen LogP contribution in [0.5, 0.6) is 0 Å². The molecule has 14 aromatic rings. The Hall–Kier alpha value is -9.77. The monoisotopic (exact) mass is 1050 g/mol. The van der Waals surface area contributed by atoms with E-state index in [9.17, 15) is 0 Å². The molecule has 390 valence electrons. The van der Waals surface area contributed by atoms with Gasteiger partial charge in [0.1, 0.15) is 11.2 Å². The summed E-state index contributed by atoms with van der Waals surface area (Å²) < 4.78 is 11.9. The van der Waals surface area contributed by atoms with Crippen molar-refractivity contribution in [2.45, 2.75) is 45.1 Å². The second-order valence-electron chi connectivity index (χ2n) is 23.2. The van der Waals surface area contributed by atoms with Crippen LogP contribution in [0.15, 0.2) is 264 Å². The van der Waals surface area contributed by atoms with Crippen molar-refractivity contribution in [1.29, 1.82) is 0 Å². The third-order valence-electron chi connectivity index (χ3n) is 19.3. The molecular weight excluding hydrogens is 995 g/mol. The lowest BCUT2D eigenvalue weighted by Crippen LogP contribution is -2.28. The molecule has 1 aliphatic heterocycles.